The van der Waals surface area contributed by atoms with Crippen LogP contribution in [0.25, 0.3) is 11.1 Å². The number of nitrogens with two attached hydrogens (primary N) is 2. The first kappa shape index (κ1) is 11.1. The maximum Gasteiger partial charge on any atom is 0.249 e. The average Bonchev–Trinajstić information content (AvgIpc) is 2.28. The molecule has 4 N–H and O–H groups in total. The van der Waals surface area contributed by atoms with Crippen molar-refractivity contribution in [1.29, 1.82) is 0 Å². The number of hydrogen-bond acceptors (Lipinski definition) is 2. The van der Waals surface area contributed by atoms with Crippen molar-refractivity contribution in [3.63, 3.8) is 0 Å². The zero-order valence-electron chi connectivity index (χ0n) is 8.98. The van der Waals surface area contributed by atoms with Gasteiger partial charge in [0.1, 0.15) is 5.82 Å². The van der Waals surface area contributed by atoms with E-state index in [0.717, 1.165) is 0 Å². The Hall–Kier alpha value is -2.36. The van der Waals surface area contributed by atoms with E-state index in [2.05, 4.69) is 0 Å². The number of benzene rings is 2. The molecule has 0 fully saturated rings. The topological polar surface area (TPSA) is 69.1 Å². The van der Waals surface area contributed by atoms with Gasteiger partial charge in [0, 0.05) is 16.8 Å². The van der Waals surface area contributed by atoms with Gasteiger partial charge >= 0.3 is 0 Å². The van der Waals surface area contributed by atoms with Gasteiger partial charge in [-0.05, 0) is 29.8 Å². The molecular formula is C13H11FN2O. The lowest BCUT2D eigenvalue weighted by molar-refractivity contribution is 0.100. The summed E-state index contributed by atoms with van der Waals surface area (Å²) < 4.78 is 13.2. The van der Waals surface area contributed by atoms with Crippen LogP contribution in [0, 0.1) is 5.82 Å². The van der Waals surface area contributed by atoms with E-state index in [0.29, 0.717) is 16.8 Å². The number of hydrogen-bond donors (Lipinski definition) is 2. The van der Waals surface area contributed by atoms with Crippen LogP contribution < -0.4 is 11.5 Å². The van der Waals surface area contributed by atoms with Crippen LogP contribution in [0.15, 0.2) is 42.5 Å². The number of nitrogen functional groups attached to an aromatic ring is 1. The molecule has 0 aromatic heterocycles. The van der Waals surface area contributed by atoms with Gasteiger partial charge in [0.2, 0.25) is 5.91 Å². The van der Waals surface area contributed by atoms with Crippen LogP contribution in [0.2, 0.25) is 0 Å². The van der Waals surface area contributed by atoms with Crippen LogP contribution in [-0.4, -0.2) is 5.91 Å². The fourth-order valence-corrected chi connectivity index (χ4v) is 1.74. The molecule has 0 aliphatic rings. The molecule has 0 aliphatic heterocycles. The van der Waals surface area contributed by atoms with Crippen molar-refractivity contribution < 1.29 is 9.18 Å². The van der Waals surface area contributed by atoms with Crippen LogP contribution in [0.1, 0.15) is 10.4 Å². The highest BCUT2D eigenvalue weighted by Crippen LogP contribution is 2.29. The maximum atomic E-state index is 13.2. The van der Waals surface area contributed by atoms with Gasteiger partial charge in [-0.3, -0.25) is 4.79 Å². The highest BCUT2D eigenvalue weighted by molar-refractivity contribution is 6.02. The number of amides is 1. The zero-order chi connectivity index (χ0) is 12.4. The van der Waals surface area contributed by atoms with Crippen molar-refractivity contribution in [2.75, 3.05) is 5.73 Å². The number of primary amides is 1. The quantitative estimate of drug-likeness (QED) is 0.776. The fourth-order valence-electron chi connectivity index (χ4n) is 1.74. The lowest BCUT2D eigenvalue weighted by Crippen LogP contribution is -2.13. The van der Waals surface area contributed by atoms with E-state index in [1.165, 1.54) is 12.1 Å². The Kier molecular flexibility index (Phi) is 2.78. The highest BCUT2D eigenvalue weighted by Gasteiger charge is 2.13. The van der Waals surface area contributed by atoms with Gasteiger partial charge in [0.25, 0.3) is 0 Å². The number of carbonyl (C=O) groups excluding carboxylic acids is 1. The van der Waals surface area contributed by atoms with E-state index in [1.54, 1.807) is 30.3 Å². The molecular weight excluding hydrogens is 219 g/mol. The Morgan fingerprint density at radius 2 is 1.82 bits per heavy atom. The number of anilines is 1. The third-order valence-electron chi connectivity index (χ3n) is 2.48. The van der Waals surface area contributed by atoms with Gasteiger partial charge in [-0.15, -0.1) is 0 Å². The second kappa shape index (κ2) is 4.25. The summed E-state index contributed by atoms with van der Waals surface area (Å²) in [7, 11) is 0. The van der Waals surface area contributed by atoms with Crippen LogP contribution in [-0.2, 0) is 0 Å². The van der Waals surface area contributed by atoms with Crippen molar-refractivity contribution in [2.45, 2.75) is 0 Å². The smallest absolute Gasteiger partial charge is 0.249 e. The maximum absolute atomic E-state index is 13.2. The normalized spacial score (nSPS) is 10.2. The molecule has 0 unspecified atom stereocenters. The minimum atomic E-state index is -0.587. The molecule has 2 rings (SSSR count). The Bertz CT molecular complexity index is 581. The summed E-state index contributed by atoms with van der Waals surface area (Å²) in [5.74, 6) is -0.974. The minimum Gasteiger partial charge on any atom is -0.398 e. The number of halogens is 1. The molecule has 3 nitrogen and oxygen atoms in total. The molecule has 2 aromatic carbocycles. The number of rotatable bonds is 2. The Labute approximate surface area is 97.9 Å². The Balaban J connectivity index is 2.70. The number of carbonyl (C=O) groups is 1. The highest BCUT2D eigenvalue weighted by atomic mass is 19.1. The van der Waals surface area contributed by atoms with Gasteiger partial charge < -0.3 is 11.5 Å². The standard InChI is InChI=1S/C13H11FN2O/c14-9-4-1-3-8(7-9)12-10(13(16)17)5-2-6-11(12)15/h1-7H,15H2,(H2,16,17). The SMILES string of the molecule is NC(=O)c1cccc(N)c1-c1cccc(F)c1. The van der Waals surface area contributed by atoms with Gasteiger partial charge in [0.15, 0.2) is 0 Å². The van der Waals surface area contributed by atoms with E-state index >= 15 is 0 Å². The van der Waals surface area contributed by atoms with Gasteiger partial charge in [-0.1, -0.05) is 18.2 Å². The van der Waals surface area contributed by atoms with E-state index in [4.69, 9.17) is 11.5 Å². The third-order valence-corrected chi connectivity index (χ3v) is 2.48. The molecule has 0 atom stereocenters. The molecule has 0 spiro atoms. The van der Waals surface area contributed by atoms with Gasteiger partial charge in [-0.2, -0.15) is 0 Å². The summed E-state index contributed by atoms with van der Waals surface area (Å²) in [5.41, 5.74) is 12.8. The largest absolute Gasteiger partial charge is 0.398 e. The molecule has 0 saturated heterocycles. The first-order valence-corrected chi connectivity index (χ1v) is 5.04. The van der Waals surface area contributed by atoms with Crippen LogP contribution in [0.4, 0.5) is 10.1 Å². The molecule has 0 radical (unpaired) electrons. The van der Waals surface area contributed by atoms with Crippen molar-refractivity contribution in [2.24, 2.45) is 5.73 Å². The molecule has 17 heavy (non-hydrogen) atoms. The zero-order valence-corrected chi connectivity index (χ0v) is 8.98. The van der Waals surface area contributed by atoms with Crippen molar-refractivity contribution in [1.82, 2.24) is 0 Å². The Morgan fingerprint density at radius 3 is 2.47 bits per heavy atom. The summed E-state index contributed by atoms with van der Waals surface area (Å²) in [6.45, 7) is 0. The first-order valence-electron chi connectivity index (χ1n) is 5.04. The van der Waals surface area contributed by atoms with Gasteiger partial charge in [-0.25, -0.2) is 4.39 Å². The predicted molar refractivity (Wildman–Crippen MR) is 64.8 cm³/mol. The minimum absolute atomic E-state index is 0.288. The molecule has 0 aliphatic carbocycles. The summed E-state index contributed by atoms with van der Waals surface area (Å²) in [6.07, 6.45) is 0. The van der Waals surface area contributed by atoms with Crippen LogP contribution in [0.5, 0.6) is 0 Å². The average molecular weight is 230 g/mol. The summed E-state index contributed by atoms with van der Waals surface area (Å²) in [5, 5.41) is 0. The second-order valence-corrected chi connectivity index (χ2v) is 3.64. The molecule has 86 valence electrons. The van der Waals surface area contributed by atoms with Crippen LogP contribution >= 0.6 is 0 Å². The Morgan fingerprint density at radius 1 is 1.12 bits per heavy atom. The monoisotopic (exact) mass is 230 g/mol. The summed E-state index contributed by atoms with van der Waals surface area (Å²) in [4.78, 5) is 11.3. The molecule has 0 saturated carbocycles. The first-order chi connectivity index (χ1) is 8.09. The lowest BCUT2D eigenvalue weighted by atomic mass is 9.97. The lowest BCUT2D eigenvalue weighted by Gasteiger charge is -2.10. The van der Waals surface area contributed by atoms with E-state index in [9.17, 15) is 9.18 Å². The molecule has 4 heteroatoms. The third kappa shape index (κ3) is 2.10. The van der Waals surface area contributed by atoms with E-state index < -0.39 is 5.91 Å². The second-order valence-electron chi connectivity index (χ2n) is 3.64. The fraction of sp³-hybridized carbons (Fsp3) is 0. The van der Waals surface area contributed by atoms with Gasteiger partial charge in [0.05, 0.1) is 0 Å². The molecule has 2 aromatic rings. The summed E-state index contributed by atoms with van der Waals surface area (Å²) >= 11 is 0. The summed E-state index contributed by atoms with van der Waals surface area (Å²) in [6, 6.07) is 10.7. The molecule has 0 bridgehead atoms. The van der Waals surface area contributed by atoms with Crippen molar-refractivity contribution in [3.8, 4) is 11.1 Å². The molecule has 0 heterocycles. The predicted octanol–water partition coefficient (Wildman–Crippen LogP) is 2.17. The van der Waals surface area contributed by atoms with Crippen molar-refractivity contribution >= 4 is 11.6 Å². The van der Waals surface area contributed by atoms with E-state index in [1.807, 2.05) is 0 Å². The van der Waals surface area contributed by atoms with E-state index in [-0.39, 0.29) is 11.4 Å². The molecule has 1 amide bonds. The van der Waals surface area contributed by atoms with Crippen LogP contribution in [0.3, 0.4) is 0 Å². The van der Waals surface area contributed by atoms with Crippen molar-refractivity contribution in [3.05, 3.63) is 53.8 Å².